The monoisotopic (exact) mass is 444 g/mol. The Bertz CT molecular complexity index is 889. The lowest BCUT2D eigenvalue weighted by Gasteiger charge is -2.36. The number of hydrogen-bond acceptors (Lipinski definition) is 7. The number of carbonyl (C=O) groups excluding carboxylic acids is 1. The highest BCUT2D eigenvalue weighted by Gasteiger charge is 2.22. The topological polar surface area (TPSA) is 89.0 Å². The number of guanidine groups is 1. The Morgan fingerprint density at radius 2 is 2.03 bits per heavy atom. The smallest absolute Gasteiger partial charge is 0.238 e. The van der Waals surface area contributed by atoms with Crippen LogP contribution < -0.4 is 15.5 Å². The molecule has 1 aromatic carbocycles. The molecule has 1 aromatic heterocycles. The number of amides is 1. The minimum Gasteiger partial charge on any atom is -0.352 e. The molecule has 1 aliphatic heterocycles. The number of piperazine rings is 1. The molecule has 0 atom stereocenters. The predicted molar refractivity (Wildman–Crippen MR) is 127 cm³/mol. The predicted octanol–water partition coefficient (Wildman–Crippen LogP) is 1.50. The van der Waals surface area contributed by atoms with E-state index in [4.69, 9.17) is 0 Å². The Morgan fingerprint density at radius 3 is 2.68 bits per heavy atom. The molecule has 0 saturated carbocycles. The van der Waals surface area contributed by atoms with Gasteiger partial charge in [0.1, 0.15) is 5.82 Å². The van der Waals surface area contributed by atoms with E-state index in [1.165, 1.54) is 11.5 Å². The second-order valence-electron chi connectivity index (χ2n) is 7.71. The Hall–Kier alpha value is -2.72. The van der Waals surface area contributed by atoms with E-state index in [0.717, 1.165) is 60.8 Å². The lowest BCUT2D eigenvalue weighted by molar-refractivity contribution is -0.116. The molecule has 1 aliphatic rings. The number of aliphatic imine (C=N–C) groups is 1. The number of benzene rings is 1. The first kappa shape index (κ1) is 23.0. The molecule has 2 heterocycles. The van der Waals surface area contributed by atoms with Crippen LogP contribution >= 0.6 is 11.5 Å². The molecule has 2 N–H and O–H groups in total. The van der Waals surface area contributed by atoms with E-state index in [9.17, 15) is 4.79 Å². The molecule has 1 amide bonds. The van der Waals surface area contributed by atoms with Crippen molar-refractivity contribution >= 4 is 34.2 Å². The summed E-state index contributed by atoms with van der Waals surface area (Å²) in [5.41, 5.74) is 1.89. The molecule has 1 fully saturated rings. The summed E-state index contributed by atoms with van der Waals surface area (Å²) in [6.07, 6.45) is 0.869. The first-order valence-electron chi connectivity index (χ1n) is 10.5. The second-order valence-corrected chi connectivity index (χ2v) is 8.44. The van der Waals surface area contributed by atoms with E-state index in [1.807, 2.05) is 50.3 Å². The van der Waals surface area contributed by atoms with Crippen LogP contribution in [0.2, 0.25) is 0 Å². The van der Waals surface area contributed by atoms with Crippen LogP contribution in [0.4, 0.5) is 10.8 Å². The zero-order valence-electron chi connectivity index (χ0n) is 18.8. The number of carbonyl (C=O) groups is 1. The fraction of sp³-hybridized carbons (Fsp3) is 0.524. The quantitative estimate of drug-likeness (QED) is 0.494. The number of likely N-dealkylation sites (N-methyl/N-ethyl adjacent to an activating group) is 1. The minimum absolute atomic E-state index is 0.0229. The number of aryl methyl sites for hydroxylation is 1. The number of nitrogens with one attached hydrogen (secondary N) is 2. The zero-order chi connectivity index (χ0) is 22.2. The van der Waals surface area contributed by atoms with Crippen LogP contribution in [0.1, 0.15) is 18.3 Å². The van der Waals surface area contributed by atoms with E-state index < -0.39 is 0 Å². The summed E-state index contributed by atoms with van der Waals surface area (Å²) in [6, 6.07) is 7.89. The summed E-state index contributed by atoms with van der Waals surface area (Å²) in [5.74, 6) is 1.78. The molecule has 10 heteroatoms. The highest BCUT2D eigenvalue weighted by molar-refractivity contribution is 7.09. The molecule has 0 unspecified atom stereocenters. The van der Waals surface area contributed by atoms with Crippen molar-refractivity contribution in [1.29, 1.82) is 0 Å². The van der Waals surface area contributed by atoms with Gasteiger partial charge in [0.05, 0.1) is 6.54 Å². The van der Waals surface area contributed by atoms with Gasteiger partial charge in [0.15, 0.2) is 5.96 Å². The molecule has 0 aliphatic carbocycles. The Balaban J connectivity index is 1.51. The molecule has 0 spiro atoms. The van der Waals surface area contributed by atoms with Gasteiger partial charge in [0.2, 0.25) is 11.0 Å². The van der Waals surface area contributed by atoms with Gasteiger partial charge in [-0.15, -0.1) is 0 Å². The van der Waals surface area contributed by atoms with Crippen molar-refractivity contribution in [3.8, 4) is 0 Å². The van der Waals surface area contributed by atoms with Crippen LogP contribution in [0.15, 0.2) is 29.3 Å². The molecule has 9 nitrogen and oxygen atoms in total. The number of anilines is 2. The van der Waals surface area contributed by atoms with Crippen molar-refractivity contribution in [2.24, 2.45) is 4.99 Å². The van der Waals surface area contributed by atoms with Gasteiger partial charge in [0, 0.05) is 63.4 Å². The van der Waals surface area contributed by atoms with E-state index in [2.05, 4.69) is 41.7 Å². The van der Waals surface area contributed by atoms with Crippen molar-refractivity contribution in [3.05, 3.63) is 35.7 Å². The molecular weight excluding hydrogens is 412 g/mol. The van der Waals surface area contributed by atoms with E-state index in [0.29, 0.717) is 13.1 Å². The number of hydrogen-bond donors (Lipinski definition) is 2. The van der Waals surface area contributed by atoms with Crippen LogP contribution in [-0.2, 0) is 17.8 Å². The standard InChI is InChI=1S/C21H32N8OS/c1-5-18-25-21(31-26-18)29-11-9-28(10-12-29)20(22-2)23-14-16-7-6-8-17(13-16)24-19(30)15-27(3)4/h6-8,13H,5,9-12,14-15H2,1-4H3,(H,22,23)(H,24,30). The maximum atomic E-state index is 12.0. The highest BCUT2D eigenvalue weighted by atomic mass is 32.1. The third-order valence-corrected chi connectivity index (χ3v) is 5.77. The molecule has 1 saturated heterocycles. The van der Waals surface area contributed by atoms with Gasteiger partial charge in [-0.3, -0.25) is 9.79 Å². The largest absolute Gasteiger partial charge is 0.352 e. The molecule has 2 aromatic rings. The molecular formula is C21H32N8OS. The van der Waals surface area contributed by atoms with Gasteiger partial charge >= 0.3 is 0 Å². The Kier molecular flexibility index (Phi) is 8.19. The van der Waals surface area contributed by atoms with Crippen LogP contribution in [0.3, 0.4) is 0 Å². The third-order valence-electron chi connectivity index (χ3n) is 4.96. The normalized spacial score (nSPS) is 14.8. The van der Waals surface area contributed by atoms with Crippen molar-refractivity contribution in [2.75, 3.05) is 64.1 Å². The van der Waals surface area contributed by atoms with Crippen LogP contribution in [0, 0.1) is 0 Å². The van der Waals surface area contributed by atoms with Crippen molar-refractivity contribution in [1.82, 2.24) is 24.5 Å². The molecule has 31 heavy (non-hydrogen) atoms. The van der Waals surface area contributed by atoms with Crippen molar-refractivity contribution < 1.29 is 4.79 Å². The zero-order valence-corrected chi connectivity index (χ0v) is 19.6. The van der Waals surface area contributed by atoms with Gasteiger partial charge in [0.25, 0.3) is 0 Å². The lowest BCUT2D eigenvalue weighted by atomic mass is 10.2. The fourth-order valence-electron chi connectivity index (χ4n) is 3.39. The Morgan fingerprint density at radius 1 is 1.26 bits per heavy atom. The van der Waals surface area contributed by atoms with Gasteiger partial charge < -0.3 is 25.3 Å². The summed E-state index contributed by atoms with van der Waals surface area (Å²) in [4.78, 5) is 27.5. The Labute approximate surface area is 188 Å². The number of nitrogens with zero attached hydrogens (tertiary/aromatic N) is 6. The number of rotatable bonds is 7. The summed E-state index contributed by atoms with van der Waals surface area (Å²) in [6.45, 7) is 6.62. The third kappa shape index (κ3) is 6.63. The fourth-order valence-corrected chi connectivity index (χ4v) is 4.19. The first-order chi connectivity index (χ1) is 15.0. The minimum atomic E-state index is -0.0229. The summed E-state index contributed by atoms with van der Waals surface area (Å²) in [7, 11) is 5.56. The average molecular weight is 445 g/mol. The maximum Gasteiger partial charge on any atom is 0.238 e. The van der Waals surface area contributed by atoms with E-state index in [-0.39, 0.29) is 5.91 Å². The summed E-state index contributed by atoms with van der Waals surface area (Å²) < 4.78 is 4.39. The van der Waals surface area contributed by atoms with Crippen LogP contribution in [0.5, 0.6) is 0 Å². The van der Waals surface area contributed by atoms with Crippen molar-refractivity contribution in [2.45, 2.75) is 19.9 Å². The SMILES string of the molecule is CCc1nsc(N2CCN(C(=NC)NCc3cccc(NC(=O)CN(C)C)c3)CC2)n1. The molecule has 168 valence electrons. The number of aromatic nitrogens is 2. The van der Waals surface area contributed by atoms with Crippen LogP contribution in [0.25, 0.3) is 0 Å². The van der Waals surface area contributed by atoms with E-state index >= 15 is 0 Å². The van der Waals surface area contributed by atoms with Crippen molar-refractivity contribution in [3.63, 3.8) is 0 Å². The van der Waals surface area contributed by atoms with Crippen LogP contribution in [-0.4, -0.2) is 84.9 Å². The molecule has 0 radical (unpaired) electrons. The van der Waals surface area contributed by atoms with Gasteiger partial charge in [-0.1, -0.05) is 19.1 Å². The first-order valence-corrected chi connectivity index (χ1v) is 11.3. The van der Waals surface area contributed by atoms with Gasteiger partial charge in [-0.25, -0.2) is 4.98 Å². The molecule has 3 rings (SSSR count). The van der Waals surface area contributed by atoms with Gasteiger partial charge in [-0.2, -0.15) is 4.37 Å². The second kappa shape index (κ2) is 11.1. The maximum absolute atomic E-state index is 12.0. The molecule has 0 bridgehead atoms. The summed E-state index contributed by atoms with van der Waals surface area (Å²) in [5, 5.41) is 7.39. The van der Waals surface area contributed by atoms with E-state index in [1.54, 1.807) is 0 Å². The van der Waals surface area contributed by atoms with Gasteiger partial charge in [-0.05, 0) is 31.8 Å². The average Bonchev–Trinajstić information content (AvgIpc) is 3.24. The lowest BCUT2D eigenvalue weighted by Crippen LogP contribution is -2.52. The highest BCUT2D eigenvalue weighted by Crippen LogP contribution is 2.19. The summed E-state index contributed by atoms with van der Waals surface area (Å²) >= 11 is 1.48.